The molecule has 0 radical (unpaired) electrons. The highest BCUT2D eigenvalue weighted by Crippen LogP contribution is 2.31. The van der Waals surface area contributed by atoms with Gasteiger partial charge in [-0.15, -0.1) is 0 Å². The Labute approximate surface area is 140 Å². The summed E-state index contributed by atoms with van der Waals surface area (Å²) in [4.78, 5) is 25.8. The van der Waals surface area contributed by atoms with Crippen LogP contribution in [0.25, 0.3) is 10.9 Å². The van der Waals surface area contributed by atoms with E-state index in [1.165, 1.54) is 24.4 Å². The van der Waals surface area contributed by atoms with Crippen molar-refractivity contribution < 1.29 is 14.8 Å². The molecule has 3 rings (SSSR count). The number of benzene rings is 2. The van der Waals surface area contributed by atoms with E-state index in [0.29, 0.717) is 21.6 Å². The molecule has 0 aliphatic rings. The first-order chi connectivity index (χ1) is 11.5. The molecular weight excluding hydrogens is 334 g/mol. The van der Waals surface area contributed by atoms with E-state index in [9.17, 15) is 20.0 Å². The van der Waals surface area contributed by atoms with Gasteiger partial charge in [0, 0.05) is 40.0 Å². The molecule has 0 saturated heterocycles. The van der Waals surface area contributed by atoms with Gasteiger partial charge in [0.1, 0.15) is 0 Å². The van der Waals surface area contributed by atoms with Gasteiger partial charge in [0.2, 0.25) is 0 Å². The Morgan fingerprint density at radius 1 is 1.21 bits per heavy atom. The maximum Gasteiger partial charge on any atom is 0.271 e. The van der Waals surface area contributed by atoms with Gasteiger partial charge in [-0.3, -0.25) is 15.1 Å². The molecule has 0 aliphatic carbocycles. The van der Waals surface area contributed by atoms with E-state index in [0.717, 1.165) is 0 Å². The van der Waals surface area contributed by atoms with Crippen LogP contribution in [0.5, 0.6) is 0 Å². The third kappa shape index (κ3) is 2.97. The van der Waals surface area contributed by atoms with Gasteiger partial charge < -0.3 is 15.2 Å². The number of rotatable bonds is 4. The minimum absolute atomic E-state index is 0.119. The summed E-state index contributed by atoms with van der Waals surface area (Å²) in [6.07, 6.45) is 1.17. The molecular formula is C16H9ClN3O4-. The molecule has 8 heteroatoms. The van der Waals surface area contributed by atoms with Gasteiger partial charge in [-0.05, 0) is 24.3 Å². The van der Waals surface area contributed by atoms with E-state index >= 15 is 0 Å². The first kappa shape index (κ1) is 15.7. The number of pyridine rings is 1. The third-order valence-corrected chi connectivity index (χ3v) is 3.61. The largest absolute Gasteiger partial charge is 0.545 e. The number of anilines is 2. The number of aromatic nitrogens is 1. The van der Waals surface area contributed by atoms with Crippen molar-refractivity contribution in [3.63, 3.8) is 0 Å². The van der Waals surface area contributed by atoms with Crippen molar-refractivity contribution in [2.24, 2.45) is 0 Å². The number of carboxylic acid groups (broad SMARTS) is 1. The number of carbonyl (C=O) groups is 1. The zero-order valence-electron chi connectivity index (χ0n) is 12.0. The molecule has 0 unspecified atom stereocenters. The summed E-state index contributed by atoms with van der Waals surface area (Å²) >= 11 is 5.98. The minimum atomic E-state index is -1.42. The number of non-ortho nitro benzene ring substituents is 1. The van der Waals surface area contributed by atoms with E-state index in [4.69, 9.17) is 11.6 Å². The molecule has 0 atom stereocenters. The lowest BCUT2D eigenvalue weighted by Crippen LogP contribution is -2.23. The molecule has 0 fully saturated rings. The molecule has 0 saturated carbocycles. The number of fused-ring (bicyclic) bond motifs is 1. The summed E-state index contributed by atoms with van der Waals surface area (Å²) < 4.78 is 0. The molecule has 2 aromatic carbocycles. The zero-order chi connectivity index (χ0) is 17.3. The van der Waals surface area contributed by atoms with Crippen molar-refractivity contribution >= 4 is 45.5 Å². The van der Waals surface area contributed by atoms with Gasteiger partial charge >= 0.3 is 0 Å². The third-order valence-electron chi connectivity index (χ3n) is 3.38. The first-order valence-electron chi connectivity index (χ1n) is 6.77. The second-order valence-electron chi connectivity index (χ2n) is 4.93. The molecule has 24 heavy (non-hydrogen) atoms. The SMILES string of the molecule is O=C([O-])c1cnc2ccc(Cl)cc2c1Nc1cccc([N+](=O)[O-])c1. The fraction of sp³-hybridized carbons (Fsp3) is 0. The fourth-order valence-electron chi connectivity index (χ4n) is 2.30. The number of hydrogen-bond acceptors (Lipinski definition) is 6. The van der Waals surface area contributed by atoms with Crippen LogP contribution in [0.3, 0.4) is 0 Å². The Morgan fingerprint density at radius 3 is 2.71 bits per heavy atom. The summed E-state index contributed by atoms with van der Waals surface area (Å²) in [5.74, 6) is -1.42. The van der Waals surface area contributed by atoms with E-state index in [1.807, 2.05) is 0 Å². The lowest BCUT2D eigenvalue weighted by molar-refractivity contribution is -0.384. The quantitative estimate of drug-likeness (QED) is 0.577. The monoisotopic (exact) mass is 342 g/mol. The standard InChI is InChI=1S/C16H10ClN3O4/c17-9-4-5-14-12(6-9)15(13(8-18-14)16(21)22)19-10-2-1-3-11(7-10)20(23)24/h1-8H,(H,18,19)(H,21,22)/p-1. The number of aromatic carboxylic acids is 1. The summed E-state index contributed by atoms with van der Waals surface area (Å²) in [7, 11) is 0. The highest BCUT2D eigenvalue weighted by Gasteiger charge is 2.12. The van der Waals surface area contributed by atoms with Crippen molar-refractivity contribution in [3.8, 4) is 0 Å². The van der Waals surface area contributed by atoms with E-state index < -0.39 is 10.9 Å². The van der Waals surface area contributed by atoms with Crippen LogP contribution in [0.1, 0.15) is 10.4 Å². The van der Waals surface area contributed by atoms with Crippen LogP contribution in [-0.2, 0) is 0 Å². The number of halogens is 1. The number of carbonyl (C=O) groups excluding carboxylic acids is 1. The molecule has 7 nitrogen and oxygen atoms in total. The second kappa shape index (κ2) is 6.13. The van der Waals surface area contributed by atoms with Crippen LogP contribution in [0.4, 0.5) is 17.1 Å². The van der Waals surface area contributed by atoms with E-state index in [1.54, 1.807) is 24.3 Å². The van der Waals surface area contributed by atoms with Gasteiger partial charge in [0.25, 0.3) is 5.69 Å². The number of hydrogen-bond donors (Lipinski definition) is 1. The predicted octanol–water partition coefficient (Wildman–Crippen LogP) is 2.90. The van der Waals surface area contributed by atoms with E-state index in [-0.39, 0.29) is 16.9 Å². The second-order valence-corrected chi connectivity index (χ2v) is 5.36. The van der Waals surface area contributed by atoms with Crippen molar-refractivity contribution in [2.75, 3.05) is 5.32 Å². The molecule has 1 N–H and O–H groups in total. The van der Waals surface area contributed by atoms with Crippen LogP contribution in [-0.4, -0.2) is 15.9 Å². The average Bonchev–Trinajstić information content (AvgIpc) is 2.55. The topological polar surface area (TPSA) is 108 Å². The van der Waals surface area contributed by atoms with Crippen molar-refractivity contribution in [2.45, 2.75) is 0 Å². The molecule has 0 amide bonds. The normalized spacial score (nSPS) is 10.5. The van der Waals surface area contributed by atoms with Crippen molar-refractivity contribution in [3.05, 3.63) is 69.4 Å². The Bertz CT molecular complexity index is 975. The number of nitro benzene ring substituents is 1. The number of carboxylic acids is 1. The van der Waals surface area contributed by atoms with Crippen molar-refractivity contribution in [1.82, 2.24) is 4.98 Å². The predicted molar refractivity (Wildman–Crippen MR) is 87.5 cm³/mol. The highest BCUT2D eigenvalue weighted by atomic mass is 35.5. The lowest BCUT2D eigenvalue weighted by Gasteiger charge is -2.15. The van der Waals surface area contributed by atoms with Crippen LogP contribution in [0, 0.1) is 10.1 Å². The summed E-state index contributed by atoms with van der Waals surface area (Å²) in [5.41, 5.74) is 0.808. The van der Waals surface area contributed by atoms with Crippen LogP contribution in [0.2, 0.25) is 5.02 Å². The summed E-state index contributed by atoms with van der Waals surface area (Å²) in [5, 5.41) is 26.0. The Balaban J connectivity index is 2.18. The maximum absolute atomic E-state index is 11.4. The van der Waals surface area contributed by atoms with Gasteiger partial charge in [0.05, 0.1) is 22.1 Å². The van der Waals surface area contributed by atoms with Crippen molar-refractivity contribution in [1.29, 1.82) is 0 Å². The smallest absolute Gasteiger partial charge is 0.271 e. The lowest BCUT2D eigenvalue weighted by atomic mass is 10.1. The molecule has 0 spiro atoms. The maximum atomic E-state index is 11.4. The minimum Gasteiger partial charge on any atom is -0.545 e. The first-order valence-corrected chi connectivity index (χ1v) is 7.14. The van der Waals surface area contributed by atoms with Gasteiger partial charge in [-0.1, -0.05) is 17.7 Å². The Hall–Kier alpha value is -3.19. The van der Waals surface area contributed by atoms with Gasteiger partial charge in [0.15, 0.2) is 0 Å². The fourth-order valence-corrected chi connectivity index (χ4v) is 2.47. The number of nitro groups is 1. The van der Waals surface area contributed by atoms with Crippen LogP contribution >= 0.6 is 11.6 Å². The number of nitrogens with zero attached hydrogens (tertiary/aromatic N) is 2. The van der Waals surface area contributed by atoms with Gasteiger partial charge in [-0.2, -0.15) is 0 Å². The number of nitrogens with one attached hydrogen (secondary N) is 1. The van der Waals surface area contributed by atoms with E-state index in [2.05, 4.69) is 10.3 Å². The molecule has 120 valence electrons. The summed E-state index contributed by atoms with van der Waals surface area (Å²) in [6.45, 7) is 0. The Kier molecular flexibility index (Phi) is 4.01. The molecule has 0 aliphatic heterocycles. The highest BCUT2D eigenvalue weighted by molar-refractivity contribution is 6.31. The Morgan fingerprint density at radius 2 is 2.00 bits per heavy atom. The van der Waals surface area contributed by atoms with Gasteiger partial charge in [-0.25, -0.2) is 0 Å². The molecule has 3 aromatic rings. The van der Waals surface area contributed by atoms with Crippen LogP contribution in [0.15, 0.2) is 48.7 Å². The average molecular weight is 343 g/mol. The zero-order valence-corrected chi connectivity index (χ0v) is 12.8. The molecule has 1 aromatic heterocycles. The molecule has 0 bridgehead atoms. The molecule has 1 heterocycles. The van der Waals surface area contributed by atoms with Crippen LogP contribution < -0.4 is 10.4 Å². The summed E-state index contributed by atoms with van der Waals surface area (Å²) in [6, 6.07) is 10.6.